The van der Waals surface area contributed by atoms with Gasteiger partial charge in [-0.15, -0.1) is 0 Å². The van der Waals surface area contributed by atoms with Gasteiger partial charge in [-0.1, -0.05) is 17.7 Å². The zero-order valence-corrected chi connectivity index (χ0v) is 10.3. The fourth-order valence-electron chi connectivity index (χ4n) is 1.52. The molecule has 90 valence electrons. The number of benzene rings is 1. The van der Waals surface area contributed by atoms with E-state index in [1.54, 1.807) is 24.3 Å². The summed E-state index contributed by atoms with van der Waals surface area (Å²) in [7, 11) is 0. The second-order valence-corrected chi connectivity index (χ2v) is 4.03. The minimum absolute atomic E-state index is 0.268. The number of aromatic nitrogens is 2. The summed E-state index contributed by atoms with van der Waals surface area (Å²) in [5.74, 6) is 0.0718. The lowest BCUT2D eigenvalue weighted by molar-refractivity contribution is -0.114. The maximum Gasteiger partial charge on any atom is 0.222 e. The highest BCUT2D eigenvalue weighted by Gasteiger charge is 2.13. The largest absolute Gasteiger partial charge is 0.310 e. The first-order valence-electron chi connectivity index (χ1n) is 5.13. The summed E-state index contributed by atoms with van der Waals surface area (Å²) < 4.78 is 1.46. The van der Waals surface area contributed by atoms with Crippen LogP contribution in [0.5, 0.6) is 0 Å². The normalized spacial score (nSPS) is 9.83. The number of rotatable bonds is 2. The van der Waals surface area contributed by atoms with Crippen LogP contribution in [0, 0.1) is 11.3 Å². The number of halogens is 1. The summed E-state index contributed by atoms with van der Waals surface area (Å²) >= 11 is 5.90. The smallest absolute Gasteiger partial charge is 0.222 e. The number of carbonyl (C=O) groups excluding carboxylic acids is 1. The Morgan fingerprint density at radius 1 is 1.56 bits per heavy atom. The molecule has 6 heteroatoms. The molecule has 0 spiro atoms. The first-order chi connectivity index (χ1) is 8.61. The van der Waals surface area contributed by atoms with Crippen molar-refractivity contribution in [1.29, 1.82) is 5.26 Å². The van der Waals surface area contributed by atoms with Crippen LogP contribution in [-0.4, -0.2) is 15.7 Å². The number of carbonyl (C=O) groups is 1. The molecule has 1 heterocycles. The molecule has 0 bridgehead atoms. The number of nitrogens with one attached hydrogen (secondary N) is 1. The van der Waals surface area contributed by atoms with Crippen molar-refractivity contribution in [3.8, 4) is 11.8 Å². The molecule has 0 unspecified atom stereocenters. The zero-order chi connectivity index (χ0) is 13.1. The molecule has 0 aliphatic heterocycles. The summed E-state index contributed by atoms with van der Waals surface area (Å²) in [6.45, 7) is 1.37. The van der Waals surface area contributed by atoms with Crippen molar-refractivity contribution in [2.24, 2.45) is 0 Å². The van der Waals surface area contributed by atoms with E-state index in [2.05, 4.69) is 10.4 Å². The number of anilines is 1. The standard InChI is InChI=1S/C12H9ClN4O/c1-8(18)16-12-9(6-14)7-15-17(12)11-4-2-3-10(13)5-11/h2-5,7H,1H3,(H,16,18). The van der Waals surface area contributed by atoms with E-state index >= 15 is 0 Å². The van der Waals surface area contributed by atoms with Gasteiger partial charge in [-0.3, -0.25) is 4.79 Å². The number of amides is 1. The molecule has 0 atom stereocenters. The molecule has 0 aliphatic rings. The van der Waals surface area contributed by atoms with Gasteiger partial charge in [-0.05, 0) is 18.2 Å². The summed E-state index contributed by atoms with van der Waals surface area (Å²) in [5.41, 5.74) is 0.970. The van der Waals surface area contributed by atoms with E-state index in [4.69, 9.17) is 16.9 Å². The molecular weight excluding hydrogens is 252 g/mol. The van der Waals surface area contributed by atoms with Gasteiger partial charge in [-0.25, -0.2) is 4.68 Å². The number of nitrogens with zero attached hydrogens (tertiary/aromatic N) is 3. The van der Waals surface area contributed by atoms with Crippen molar-refractivity contribution in [2.75, 3.05) is 5.32 Å². The van der Waals surface area contributed by atoms with E-state index in [-0.39, 0.29) is 5.91 Å². The van der Waals surface area contributed by atoms with E-state index in [1.807, 2.05) is 6.07 Å². The topological polar surface area (TPSA) is 70.7 Å². The molecule has 0 saturated carbocycles. The molecule has 1 N–H and O–H groups in total. The number of nitriles is 1. The van der Waals surface area contributed by atoms with Gasteiger partial charge >= 0.3 is 0 Å². The lowest BCUT2D eigenvalue weighted by atomic mass is 10.3. The number of hydrogen-bond acceptors (Lipinski definition) is 3. The molecule has 1 amide bonds. The van der Waals surface area contributed by atoms with Crippen LogP contribution in [0.15, 0.2) is 30.5 Å². The molecule has 0 fully saturated rings. The molecule has 0 aliphatic carbocycles. The molecular formula is C12H9ClN4O. The Bertz CT molecular complexity index is 642. The average Bonchev–Trinajstić information content (AvgIpc) is 2.71. The van der Waals surface area contributed by atoms with Gasteiger partial charge in [-0.2, -0.15) is 10.4 Å². The van der Waals surface area contributed by atoms with Crippen LogP contribution in [0.25, 0.3) is 5.69 Å². The summed E-state index contributed by atoms with van der Waals surface area (Å²) in [5, 5.41) is 16.2. The first kappa shape index (κ1) is 12.1. The predicted molar refractivity (Wildman–Crippen MR) is 67.6 cm³/mol. The predicted octanol–water partition coefficient (Wildman–Crippen LogP) is 2.36. The highest BCUT2D eigenvalue weighted by Crippen LogP contribution is 2.21. The highest BCUT2D eigenvalue weighted by atomic mass is 35.5. The molecule has 5 nitrogen and oxygen atoms in total. The average molecular weight is 261 g/mol. The zero-order valence-electron chi connectivity index (χ0n) is 9.51. The van der Waals surface area contributed by atoms with Gasteiger partial charge in [0.15, 0.2) is 5.82 Å². The molecule has 1 aromatic heterocycles. The van der Waals surface area contributed by atoms with E-state index in [0.717, 1.165) is 0 Å². The number of hydrogen-bond donors (Lipinski definition) is 1. The van der Waals surface area contributed by atoms with Gasteiger partial charge in [0.2, 0.25) is 5.91 Å². The van der Waals surface area contributed by atoms with Gasteiger partial charge in [0.1, 0.15) is 11.6 Å². The van der Waals surface area contributed by atoms with Crippen molar-refractivity contribution < 1.29 is 4.79 Å². The highest BCUT2D eigenvalue weighted by molar-refractivity contribution is 6.30. The van der Waals surface area contributed by atoms with Crippen molar-refractivity contribution in [2.45, 2.75) is 6.92 Å². The van der Waals surface area contributed by atoms with Crippen molar-refractivity contribution in [1.82, 2.24) is 9.78 Å². The molecule has 2 aromatic rings. The Kier molecular flexibility index (Phi) is 3.31. The van der Waals surface area contributed by atoms with Gasteiger partial charge in [0.05, 0.1) is 11.9 Å². The Morgan fingerprint density at radius 2 is 2.33 bits per heavy atom. The van der Waals surface area contributed by atoms with Crippen LogP contribution in [0.3, 0.4) is 0 Å². The summed E-state index contributed by atoms with van der Waals surface area (Å²) in [6.07, 6.45) is 1.40. The second-order valence-electron chi connectivity index (χ2n) is 3.59. The maximum absolute atomic E-state index is 11.1. The van der Waals surface area contributed by atoms with Crippen molar-refractivity contribution in [3.63, 3.8) is 0 Å². The van der Waals surface area contributed by atoms with Gasteiger partial charge in [0, 0.05) is 11.9 Å². The van der Waals surface area contributed by atoms with Crippen LogP contribution in [0.1, 0.15) is 12.5 Å². The van der Waals surface area contributed by atoms with Gasteiger partial charge < -0.3 is 5.32 Å². The third-order valence-corrected chi connectivity index (χ3v) is 2.47. The second kappa shape index (κ2) is 4.90. The van der Waals surface area contributed by atoms with E-state index in [9.17, 15) is 4.79 Å². The van der Waals surface area contributed by atoms with Crippen LogP contribution < -0.4 is 5.32 Å². The van der Waals surface area contributed by atoms with Crippen molar-refractivity contribution in [3.05, 3.63) is 41.0 Å². The quantitative estimate of drug-likeness (QED) is 0.901. The Morgan fingerprint density at radius 3 is 2.94 bits per heavy atom. The van der Waals surface area contributed by atoms with Crippen LogP contribution >= 0.6 is 11.6 Å². The molecule has 2 rings (SSSR count). The van der Waals surface area contributed by atoms with Crippen LogP contribution in [0.2, 0.25) is 5.02 Å². The molecule has 0 radical (unpaired) electrons. The fourth-order valence-corrected chi connectivity index (χ4v) is 1.71. The molecule has 1 aromatic carbocycles. The van der Waals surface area contributed by atoms with E-state index in [0.29, 0.717) is 22.1 Å². The Labute approximate surface area is 109 Å². The van der Waals surface area contributed by atoms with Crippen LogP contribution in [0.4, 0.5) is 5.82 Å². The van der Waals surface area contributed by atoms with Crippen molar-refractivity contribution >= 4 is 23.3 Å². The minimum Gasteiger partial charge on any atom is -0.310 e. The Balaban J connectivity index is 2.54. The van der Waals surface area contributed by atoms with E-state index in [1.165, 1.54) is 17.8 Å². The lowest BCUT2D eigenvalue weighted by Gasteiger charge is -2.08. The van der Waals surface area contributed by atoms with Gasteiger partial charge in [0.25, 0.3) is 0 Å². The fraction of sp³-hybridized carbons (Fsp3) is 0.0833. The summed E-state index contributed by atoms with van der Waals surface area (Å²) in [4.78, 5) is 11.1. The monoisotopic (exact) mass is 260 g/mol. The van der Waals surface area contributed by atoms with E-state index < -0.39 is 0 Å². The molecule has 0 saturated heterocycles. The third-order valence-electron chi connectivity index (χ3n) is 2.24. The molecule has 18 heavy (non-hydrogen) atoms. The SMILES string of the molecule is CC(=O)Nc1c(C#N)cnn1-c1cccc(Cl)c1. The first-order valence-corrected chi connectivity index (χ1v) is 5.51. The minimum atomic E-state index is -0.268. The maximum atomic E-state index is 11.1. The lowest BCUT2D eigenvalue weighted by Crippen LogP contribution is -2.12. The summed E-state index contributed by atoms with van der Waals surface area (Å²) in [6, 6.07) is 8.95. The van der Waals surface area contributed by atoms with Crippen LogP contribution in [-0.2, 0) is 4.79 Å². The third kappa shape index (κ3) is 2.34. The Hall–Kier alpha value is -2.32.